The molecule has 0 radical (unpaired) electrons. The molecule has 2 heterocycles. The molecule has 0 saturated heterocycles. The summed E-state index contributed by atoms with van der Waals surface area (Å²) >= 11 is 1.53. The molecule has 0 aromatic carbocycles. The highest BCUT2D eigenvalue weighted by Crippen LogP contribution is 2.12. The second kappa shape index (κ2) is 4.56. The Hall–Kier alpha value is -1.88. The molecule has 0 aliphatic carbocycles. The number of nitrogens with zero attached hydrogens (tertiary/aromatic N) is 1. The van der Waals surface area contributed by atoms with E-state index in [1.165, 1.54) is 11.3 Å². The number of carbonyl (C=O) groups excluding carboxylic acids is 1. The molecule has 0 atom stereocenters. The maximum Gasteiger partial charge on any atom is 0.323 e. The molecule has 2 amide bonds. The van der Waals surface area contributed by atoms with E-state index in [4.69, 9.17) is 0 Å². The van der Waals surface area contributed by atoms with Gasteiger partial charge in [0, 0.05) is 11.6 Å². The van der Waals surface area contributed by atoms with Crippen LogP contribution in [0.3, 0.4) is 0 Å². The van der Waals surface area contributed by atoms with Gasteiger partial charge in [0.25, 0.3) is 0 Å². The van der Waals surface area contributed by atoms with Gasteiger partial charge < -0.3 is 10.6 Å². The lowest BCUT2D eigenvalue weighted by Crippen LogP contribution is -2.18. The summed E-state index contributed by atoms with van der Waals surface area (Å²) in [5, 5.41) is 9.14. The van der Waals surface area contributed by atoms with Crippen LogP contribution in [-0.4, -0.2) is 11.0 Å². The summed E-state index contributed by atoms with van der Waals surface area (Å²) < 4.78 is 0. The summed E-state index contributed by atoms with van der Waals surface area (Å²) in [4.78, 5) is 15.3. The third-order valence-electron chi connectivity index (χ3n) is 1.70. The molecule has 2 aromatic rings. The normalized spacial score (nSPS) is 9.60. The van der Waals surface area contributed by atoms with Crippen molar-refractivity contribution in [2.75, 3.05) is 10.6 Å². The van der Waals surface area contributed by atoms with Crippen molar-refractivity contribution >= 4 is 28.7 Å². The monoisotopic (exact) mass is 219 g/mol. The van der Waals surface area contributed by atoms with E-state index in [9.17, 15) is 4.79 Å². The molecule has 4 nitrogen and oxygen atoms in total. The maximum absolute atomic E-state index is 11.4. The zero-order valence-corrected chi connectivity index (χ0v) is 8.62. The van der Waals surface area contributed by atoms with Crippen molar-refractivity contribution in [2.24, 2.45) is 0 Å². The molecular formula is C10H9N3OS. The smallest absolute Gasteiger partial charge is 0.307 e. The molecule has 0 unspecified atom stereocenters. The van der Waals surface area contributed by atoms with E-state index >= 15 is 0 Å². The van der Waals surface area contributed by atoms with Gasteiger partial charge in [-0.1, -0.05) is 0 Å². The molecule has 0 spiro atoms. The Kier molecular flexibility index (Phi) is 2.94. The quantitative estimate of drug-likeness (QED) is 0.816. The van der Waals surface area contributed by atoms with Crippen molar-refractivity contribution in [1.82, 2.24) is 4.98 Å². The van der Waals surface area contributed by atoms with Crippen molar-refractivity contribution < 1.29 is 4.79 Å². The van der Waals surface area contributed by atoms with Gasteiger partial charge in [-0.15, -0.1) is 0 Å². The van der Waals surface area contributed by atoms with Crippen LogP contribution in [-0.2, 0) is 0 Å². The number of anilines is 2. The predicted molar refractivity (Wildman–Crippen MR) is 61.2 cm³/mol. The predicted octanol–water partition coefficient (Wildman–Crippen LogP) is 2.79. The van der Waals surface area contributed by atoms with Crippen molar-refractivity contribution in [3.05, 3.63) is 41.4 Å². The standard InChI is InChI=1S/C10H9N3OS/c14-10(13-9-3-5-15-7-9)12-8-2-1-4-11-6-8/h1-7H,(H2,12,13,14). The fourth-order valence-corrected chi connectivity index (χ4v) is 1.65. The molecule has 2 aromatic heterocycles. The number of pyridine rings is 1. The highest BCUT2D eigenvalue weighted by Gasteiger charge is 2.01. The molecule has 0 saturated carbocycles. The number of urea groups is 1. The minimum atomic E-state index is -0.263. The molecule has 2 rings (SSSR count). The number of rotatable bonds is 2. The topological polar surface area (TPSA) is 54.0 Å². The van der Waals surface area contributed by atoms with Crippen molar-refractivity contribution in [2.45, 2.75) is 0 Å². The van der Waals surface area contributed by atoms with Crippen LogP contribution >= 0.6 is 11.3 Å². The molecule has 0 fully saturated rings. The van der Waals surface area contributed by atoms with E-state index in [1.807, 2.05) is 16.8 Å². The van der Waals surface area contributed by atoms with Gasteiger partial charge in [-0.3, -0.25) is 4.98 Å². The largest absolute Gasteiger partial charge is 0.323 e. The zero-order chi connectivity index (χ0) is 10.5. The van der Waals surface area contributed by atoms with Gasteiger partial charge in [0.2, 0.25) is 0 Å². The van der Waals surface area contributed by atoms with Crippen LogP contribution < -0.4 is 10.6 Å². The first-order chi connectivity index (χ1) is 7.34. The van der Waals surface area contributed by atoms with Gasteiger partial charge in [-0.2, -0.15) is 11.3 Å². The first-order valence-corrected chi connectivity index (χ1v) is 5.29. The van der Waals surface area contributed by atoms with Gasteiger partial charge >= 0.3 is 6.03 Å². The number of amides is 2. The number of nitrogens with one attached hydrogen (secondary N) is 2. The van der Waals surface area contributed by atoms with Gasteiger partial charge in [0.1, 0.15) is 0 Å². The lowest BCUT2D eigenvalue weighted by atomic mass is 10.4. The first kappa shape index (κ1) is 9.67. The van der Waals surface area contributed by atoms with E-state index in [0.717, 1.165) is 5.69 Å². The molecule has 0 aliphatic heterocycles. The summed E-state index contributed by atoms with van der Waals surface area (Å²) in [5.41, 5.74) is 1.46. The van der Waals surface area contributed by atoms with E-state index in [1.54, 1.807) is 24.5 Å². The third kappa shape index (κ3) is 2.78. The Labute approximate surface area is 91.0 Å². The van der Waals surface area contributed by atoms with Crippen molar-refractivity contribution in [3.8, 4) is 0 Å². The molecule has 76 valence electrons. The number of hydrogen-bond donors (Lipinski definition) is 2. The molecule has 5 heteroatoms. The minimum Gasteiger partial charge on any atom is -0.307 e. The number of hydrogen-bond acceptors (Lipinski definition) is 3. The van der Waals surface area contributed by atoms with Crippen LogP contribution in [0.15, 0.2) is 41.4 Å². The Morgan fingerprint density at radius 1 is 1.27 bits per heavy atom. The van der Waals surface area contributed by atoms with Gasteiger partial charge in [0.05, 0.1) is 17.6 Å². The second-order valence-electron chi connectivity index (χ2n) is 2.83. The van der Waals surface area contributed by atoms with Crippen molar-refractivity contribution in [3.63, 3.8) is 0 Å². The number of aromatic nitrogens is 1. The van der Waals surface area contributed by atoms with Gasteiger partial charge in [-0.25, -0.2) is 4.79 Å². The van der Waals surface area contributed by atoms with Crippen LogP contribution in [0.2, 0.25) is 0 Å². The fourth-order valence-electron chi connectivity index (χ4n) is 1.07. The average Bonchev–Trinajstić information content (AvgIpc) is 2.71. The molecule has 15 heavy (non-hydrogen) atoms. The summed E-state index contributed by atoms with van der Waals surface area (Å²) in [5.74, 6) is 0. The van der Waals surface area contributed by atoms with Gasteiger partial charge in [-0.05, 0) is 23.6 Å². The lowest BCUT2D eigenvalue weighted by Gasteiger charge is -2.04. The minimum absolute atomic E-state index is 0.263. The van der Waals surface area contributed by atoms with E-state index in [0.29, 0.717) is 5.69 Å². The van der Waals surface area contributed by atoms with E-state index in [2.05, 4.69) is 15.6 Å². The Bertz CT molecular complexity index is 427. The first-order valence-electron chi connectivity index (χ1n) is 4.35. The van der Waals surface area contributed by atoms with Crippen LogP contribution in [0.25, 0.3) is 0 Å². The fraction of sp³-hybridized carbons (Fsp3) is 0. The maximum atomic E-state index is 11.4. The summed E-state index contributed by atoms with van der Waals surface area (Å²) in [7, 11) is 0. The van der Waals surface area contributed by atoms with E-state index in [-0.39, 0.29) is 6.03 Å². The molecule has 0 aliphatic rings. The Morgan fingerprint density at radius 3 is 2.80 bits per heavy atom. The Morgan fingerprint density at radius 2 is 2.13 bits per heavy atom. The van der Waals surface area contributed by atoms with Crippen LogP contribution in [0.5, 0.6) is 0 Å². The average molecular weight is 219 g/mol. The van der Waals surface area contributed by atoms with Crippen molar-refractivity contribution in [1.29, 1.82) is 0 Å². The molecule has 0 bridgehead atoms. The third-order valence-corrected chi connectivity index (χ3v) is 2.38. The SMILES string of the molecule is O=C(Nc1cccnc1)Nc1ccsc1. The summed E-state index contributed by atoms with van der Waals surface area (Å²) in [6, 6.07) is 5.12. The molecule has 2 N–H and O–H groups in total. The van der Waals surface area contributed by atoms with Gasteiger partial charge in [0.15, 0.2) is 0 Å². The second-order valence-corrected chi connectivity index (χ2v) is 3.61. The lowest BCUT2D eigenvalue weighted by molar-refractivity contribution is 0.262. The highest BCUT2D eigenvalue weighted by atomic mass is 32.1. The zero-order valence-electron chi connectivity index (χ0n) is 7.81. The van der Waals surface area contributed by atoms with Crippen LogP contribution in [0, 0.1) is 0 Å². The number of thiophene rings is 1. The summed E-state index contributed by atoms with van der Waals surface area (Å²) in [6.07, 6.45) is 3.25. The van der Waals surface area contributed by atoms with E-state index < -0.39 is 0 Å². The van der Waals surface area contributed by atoms with Crippen LogP contribution in [0.4, 0.5) is 16.2 Å². The summed E-state index contributed by atoms with van der Waals surface area (Å²) in [6.45, 7) is 0. The van der Waals surface area contributed by atoms with Crippen LogP contribution in [0.1, 0.15) is 0 Å². The highest BCUT2D eigenvalue weighted by molar-refractivity contribution is 7.08. The Balaban J connectivity index is 1.94. The molecular weight excluding hydrogens is 210 g/mol. The number of carbonyl (C=O) groups is 1.